The van der Waals surface area contributed by atoms with Crippen LogP contribution in [0.4, 0.5) is 0 Å². The molecule has 1 aliphatic rings. The van der Waals surface area contributed by atoms with E-state index in [9.17, 15) is 2.74 Å². The normalized spacial score (nSPS) is 13.2. The first-order valence-electron chi connectivity index (χ1n) is 27.4. The van der Waals surface area contributed by atoms with Crippen molar-refractivity contribution in [2.45, 2.75) is 52.4 Å². The summed E-state index contributed by atoms with van der Waals surface area (Å²) >= 11 is 0. The average molecular weight is 948 g/mol. The summed E-state index contributed by atoms with van der Waals surface area (Å²) in [5, 5.41) is 2.22. The van der Waals surface area contributed by atoms with Gasteiger partial charge in [0.25, 0.3) is 6.33 Å². The van der Waals surface area contributed by atoms with Gasteiger partial charge in [-0.25, -0.2) is 4.98 Å². The van der Waals surface area contributed by atoms with Gasteiger partial charge in [-0.1, -0.05) is 199 Å². The third-order valence-electron chi connectivity index (χ3n) is 14.4. The van der Waals surface area contributed by atoms with E-state index in [1.54, 1.807) is 0 Å². The van der Waals surface area contributed by atoms with Crippen LogP contribution in [-0.2, 0) is 10.8 Å². The first-order chi connectivity index (χ1) is 37.6. The monoisotopic (exact) mass is 947 g/mol. The lowest BCUT2D eigenvalue weighted by Gasteiger charge is -2.33. The molecule has 1 aliphatic carbocycles. The molecule has 5 heteroatoms. The van der Waals surface area contributed by atoms with E-state index >= 15 is 0 Å². The van der Waals surface area contributed by atoms with Crippen LogP contribution in [0.15, 0.2) is 218 Å². The van der Waals surface area contributed by atoms with Crippen molar-refractivity contribution in [2.75, 3.05) is 0 Å². The highest BCUT2D eigenvalue weighted by atomic mass is 16.5. The first-order valence-corrected chi connectivity index (χ1v) is 24.9. The van der Waals surface area contributed by atoms with Crippen molar-refractivity contribution in [2.24, 2.45) is 0 Å². The molecule has 0 amide bonds. The Labute approximate surface area is 433 Å². The minimum Gasteiger partial charge on any atom is -0.458 e. The predicted octanol–water partition coefficient (Wildman–Crippen LogP) is 17.2. The van der Waals surface area contributed by atoms with Gasteiger partial charge < -0.3 is 4.74 Å². The molecule has 0 saturated carbocycles. The Morgan fingerprint density at radius 2 is 1.11 bits per heavy atom. The number of nitrogens with zero attached hydrogens (tertiary/aromatic N) is 4. The molecule has 9 aromatic carbocycles. The number of hydrogen-bond donors (Lipinski definition) is 0. The highest BCUT2D eigenvalue weighted by Crippen LogP contribution is 2.54. The lowest BCUT2D eigenvalue weighted by atomic mass is 9.72. The zero-order chi connectivity index (χ0) is 53.9. The molecule has 0 bridgehead atoms. The molecule has 0 aliphatic heterocycles. The zero-order valence-electron chi connectivity index (χ0n) is 46.6. The summed E-state index contributed by atoms with van der Waals surface area (Å²) < 4.78 is 59.1. The Morgan fingerprint density at radius 3 is 1.81 bits per heavy atom. The van der Waals surface area contributed by atoms with Gasteiger partial charge in [0.2, 0.25) is 0 Å². The standard InChI is InChI=1S/C68H54N4O/c1-67(2,3)45-37-38-69-63(39-45)72-59-32-17-16-29-53(59)54-36-35-48(41-62(54)72)73-47-24-20-23-46(40-47)70-43-71(61-34-19-18-33-60(61)70)66-57(44-21-8-7-9-22-44)42-58(68(4,5)6)64-55-30-14-12-27-51(55)49-25-10-11-26-50(49)52-28-13-15-31-56(52)65(64)66/h7-42H,1-6H3/i7D,8D,9D,21D,22D. The Balaban J connectivity index is 1.06. The SMILES string of the molecule is [2H]c1c([2H])c([2H])c(-c2cc(C(C)(C)C)c3c(c2-[n+]2[c-]n(-c4cccc(Oc5ccc6c7ccccc7n(-c7cc(C(C)(C)C)ccn7)c6c5)c4)c4ccccc42)-c2ccccc2-c2ccccc2-c2ccccc2-3)c([2H])c1[2H]. The summed E-state index contributed by atoms with van der Waals surface area (Å²) in [6.07, 6.45) is 5.70. The molecule has 73 heavy (non-hydrogen) atoms. The second kappa shape index (κ2) is 16.9. The number of pyridine rings is 1. The molecule has 0 fully saturated rings. The molecule has 13 rings (SSSR count). The van der Waals surface area contributed by atoms with Crippen LogP contribution in [0.3, 0.4) is 0 Å². The van der Waals surface area contributed by atoms with Crippen LogP contribution in [0.25, 0.3) is 106 Å². The molecular weight excluding hydrogens is 889 g/mol. The number of rotatable bonds is 6. The highest BCUT2D eigenvalue weighted by molar-refractivity contribution is 6.10. The van der Waals surface area contributed by atoms with Gasteiger partial charge in [0.1, 0.15) is 17.3 Å². The molecule has 0 unspecified atom stereocenters. The predicted molar refractivity (Wildman–Crippen MR) is 300 cm³/mol. The van der Waals surface area contributed by atoms with Gasteiger partial charge in [0, 0.05) is 28.6 Å². The van der Waals surface area contributed by atoms with Crippen LogP contribution in [0.2, 0.25) is 0 Å². The fourth-order valence-electron chi connectivity index (χ4n) is 10.9. The van der Waals surface area contributed by atoms with Crippen LogP contribution < -0.4 is 9.30 Å². The second-order valence-corrected chi connectivity index (χ2v) is 21.0. The van der Waals surface area contributed by atoms with Crippen LogP contribution in [0.5, 0.6) is 11.5 Å². The minimum absolute atomic E-state index is 0.0657. The van der Waals surface area contributed by atoms with Gasteiger partial charge in [0.05, 0.1) is 40.3 Å². The smallest absolute Gasteiger partial charge is 0.269 e. The van der Waals surface area contributed by atoms with Crippen molar-refractivity contribution in [1.82, 2.24) is 14.1 Å². The van der Waals surface area contributed by atoms with Gasteiger partial charge in [-0.05, 0) is 121 Å². The lowest BCUT2D eigenvalue weighted by molar-refractivity contribution is -0.571. The molecule has 0 radical (unpaired) electrons. The number of imidazole rings is 1. The van der Waals surface area contributed by atoms with Gasteiger partial charge in [-0.15, -0.1) is 0 Å². The van der Waals surface area contributed by atoms with E-state index in [1.807, 2.05) is 57.8 Å². The first kappa shape index (κ1) is 38.9. The van der Waals surface area contributed by atoms with Crippen LogP contribution >= 0.6 is 0 Å². The van der Waals surface area contributed by atoms with E-state index in [-0.39, 0.29) is 23.1 Å². The second-order valence-electron chi connectivity index (χ2n) is 21.0. The van der Waals surface area contributed by atoms with E-state index in [1.165, 1.54) is 5.56 Å². The summed E-state index contributed by atoms with van der Waals surface area (Å²) in [6.45, 7) is 13.2. The highest BCUT2D eigenvalue weighted by Gasteiger charge is 2.33. The number of aromatic nitrogens is 4. The average Bonchev–Trinajstić information content (AvgIpc) is 3.75. The molecule has 352 valence electrons. The third-order valence-corrected chi connectivity index (χ3v) is 14.4. The number of benzene rings is 9. The Kier molecular flexibility index (Phi) is 9.02. The van der Waals surface area contributed by atoms with Crippen molar-refractivity contribution >= 4 is 32.8 Å². The molecule has 3 heterocycles. The maximum absolute atomic E-state index is 9.60. The minimum atomic E-state index is -0.496. The lowest BCUT2D eigenvalue weighted by Crippen LogP contribution is -2.32. The van der Waals surface area contributed by atoms with Gasteiger partial charge in [0.15, 0.2) is 0 Å². The molecule has 12 aromatic rings. The van der Waals surface area contributed by atoms with Crippen LogP contribution in [-0.4, -0.2) is 14.1 Å². The molecule has 3 aromatic heterocycles. The summed E-state index contributed by atoms with van der Waals surface area (Å²) in [4.78, 5) is 4.89. The molecule has 0 saturated heterocycles. The summed E-state index contributed by atoms with van der Waals surface area (Å²) in [5.74, 6) is 2.11. The van der Waals surface area contributed by atoms with Crippen molar-refractivity contribution < 1.29 is 16.2 Å². The fourth-order valence-corrected chi connectivity index (χ4v) is 10.9. The zero-order valence-corrected chi connectivity index (χ0v) is 41.6. The molecule has 0 atom stereocenters. The third kappa shape index (κ3) is 7.37. The molecule has 5 nitrogen and oxygen atoms in total. The maximum Gasteiger partial charge on any atom is 0.269 e. The van der Waals surface area contributed by atoms with Crippen LogP contribution in [0.1, 0.15) is 59.5 Å². The number of ether oxygens (including phenoxy) is 1. The van der Waals surface area contributed by atoms with Crippen molar-refractivity contribution in [3.8, 4) is 84.3 Å². The maximum atomic E-state index is 9.60. The van der Waals surface area contributed by atoms with Gasteiger partial charge in [-0.2, -0.15) is 0 Å². The van der Waals surface area contributed by atoms with E-state index < -0.39 is 23.5 Å². The van der Waals surface area contributed by atoms with E-state index in [0.29, 0.717) is 22.7 Å². The molecular formula is C68H54N4O. The van der Waals surface area contributed by atoms with Crippen LogP contribution in [0, 0.1) is 6.33 Å². The summed E-state index contributed by atoms with van der Waals surface area (Å²) in [6, 6.07) is 60.7. The largest absolute Gasteiger partial charge is 0.458 e. The number of para-hydroxylation sites is 3. The number of fused-ring (bicyclic) bond motifs is 12. The topological polar surface area (TPSA) is 35.9 Å². The Bertz CT molecular complexity index is 4430. The quantitative estimate of drug-likeness (QED) is 0.123. The van der Waals surface area contributed by atoms with Gasteiger partial charge >= 0.3 is 0 Å². The number of hydrogen-bond acceptors (Lipinski definition) is 2. The van der Waals surface area contributed by atoms with Crippen molar-refractivity contribution in [1.29, 1.82) is 0 Å². The fraction of sp³-hybridized carbons (Fsp3) is 0.118. The van der Waals surface area contributed by atoms with Crippen molar-refractivity contribution in [3.05, 3.63) is 236 Å². The molecule has 0 spiro atoms. The summed E-state index contributed by atoms with van der Waals surface area (Å²) in [5.41, 5.74) is 15.3. The van der Waals surface area contributed by atoms with E-state index in [4.69, 9.17) is 13.8 Å². The van der Waals surface area contributed by atoms with Crippen molar-refractivity contribution in [3.63, 3.8) is 0 Å². The Hall–Kier alpha value is -8.80. The molecule has 0 N–H and O–H groups in total. The van der Waals surface area contributed by atoms with E-state index in [0.717, 1.165) is 94.4 Å². The van der Waals surface area contributed by atoms with E-state index in [2.05, 4.69) is 192 Å². The van der Waals surface area contributed by atoms with Gasteiger partial charge in [-0.3, -0.25) is 13.7 Å². The Morgan fingerprint density at radius 1 is 0.507 bits per heavy atom. The summed E-state index contributed by atoms with van der Waals surface area (Å²) in [7, 11) is 0.